The van der Waals surface area contributed by atoms with Gasteiger partial charge < -0.3 is 10.5 Å². The van der Waals surface area contributed by atoms with Gasteiger partial charge in [-0.05, 0) is 24.5 Å². The number of nitrogens with two attached hydrogens (primary N) is 1. The number of nitrogens with zero attached hydrogens (tertiary/aromatic N) is 2. The van der Waals surface area contributed by atoms with Crippen molar-refractivity contribution in [2.75, 3.05) is 6.26 Å². The number of non-ortho nitro benzene ring substituents is 1. The van der Waals surface area contributed by atoms with Crippen LogP contribution in [-0.2, 0) is 0 Å². The van der Waals surface area contributed by atoms with Crippen LogP contribution in [0.2, 0.25) is 0 Å². The molecule has 0 atom stereocenters. The van der Waals surface area contributed by atoms with Crippen molar-refractivity contribution in [1.82, 2.24) is 0 Å². The van der Waals surface area contributed by atoms with Crippen molar-refractivity contribution in [1.29, 1.82) is 0 Å². The third-order valence-electron chi connectivity index (χ3n) is 2.56. The van der Waals surface area contributed by atoms with E-state index < -0.39 is 4.92 Å². The molecule has 0 fully saturated rings. The van der Waals surface area contributed by atoms with Gasteiger partial charge in [0.2, 0.25) is 0 Å². The number of nitro benzene ring substituents is 1. The smallest absolute Gasteiger partial charge is 0.271 e. The molecule has 0 radical (unpaired) electrons. The molecular formula is C14H14IN3O3S. The lowest BCUT2D eigenvalue weighted by Gasteiger charge is -2.08. The highest BCUT2D eigenvalue weighted by Gasteiger charge is 2.12. The maximum absolute atomic E-state index is 10.9. The van der Waals surface area contributed by atoms with E-state index in [1.54, 1.807) is 18.4 Å². The summed E-state index contributed by atoms with van der Waals surface area (Å²) in [5.41, 5.74) is 5.93. The molecule has 22 heavy (non-hydrogen) atoms. The zero-order valence-electron chi connectivity index (χ0n) is 11.6. The van der Waals surface area contributed by atoms with E-state index in [1.165, 1.54) is 30.0 Å². The number of thioether (sulfide) groups is 1. The topological polar surface area (TPSA) is 90.8 Å². The molecule has 0 heterocycles. The van der Waals surface area contributed by atoms with Gasteiger partial charge in [-0.3, -0.25) is 10.1 Å². The molecule has 0 aromatic heterocycles. The quantitative estimate of drug-likeness (QED) is 0.256. The van der Waals surface area contributed by atoms with Gasteiger partial charge in [-0.15, -0.1) is 24.0 Å². The summed E-state index contributed by atoms with van der Waals surface area (Å²) >= 11 is 1.25. The number of benzene rings is 2. The maximum atomic E-state index is 10.9. The summed E-state index contributed by atoms with van der Waals surface area (Å²) < 4.78 is 5.70. The van der Waals surface area contributed by atoms with Crippen LogP contribution in [0, 0.1) is 10.1 Å². The standard InChI is InChI=1S/C14H13N3O3S.HI/c1-21-14(15)16-12-9-10(17(18)19)7-8-13(12)20-11-5-3-2-4-6-11;/h2-9H,1H3,(H2,15,16);1H. The minimum atomic E-state index is -0.486. The van der Waals surface area contributed by atoms with E-state index in [1.807, 2.05) is 18.2 Å². The van der Waals surface area contributed by atoms with Gasteiger partial charge >= 0.3 is 0 Å². The number of amidine groups is 1. The molecule has 8 heteroatoms. The van der Waals surface area contributed by atoms with E-state index in [0.29, 0.717) is 22.4 Å². The highest BCUT2D eigenvalue weighted by Crippen LogP contribution is 2.35. The summed E-state index contributed by atoms with van der Waals surface area (Å²) in [7, 11) is 0. The lowest BCUT2D eigenvalue weighted by molar-refractivity contribution is -0.384. The van der Waals surface area contributed by atoms with Gasteiger partial charge in [0.1, 0.15) is 11.4 Å². The van der Waals surface area contributed by atoms with Crippen LogP contribution >= 0.6 is 35.7 Å². The number of hydrogen-bond acceptors (Lipinski definition) is 5. The number of hydrogen-bond donors (Lipinski definition) is 1. The Morgan fingerprint density at radius 1 is 1.27 bits per heavy atom. The fourth-order valence-corrected chi connectivity index (χ4v) is 1.76. The molecule has 2 N–H and O–H groups in total. The molecule has 0 amide bonds. The first-order chi connectivity index (χ1) is 10.1. The number of rotatable bonds is 4. The predicted octanol–water partition coefficient (Wildman–Crippen LogP) is 4.31. The fraction of sp³-hybridized carbons (Fsp3) is 0.0714. The first-order valence-corrected chi connectivity index (χ1v) is 7.22. The maximum Gasteiger partial charge on any atom is 0.271 e. The molecule has 0 aliphatic carbocycles. The molecule has 0 saturated carbocycles. The summed E-state index contributed by atoms with van der Waals surface area (Å²) in [6.07, 6.45) is 1.77. The first-order valence-electron chi connectivity index (χ1n) is 5.99. The van der Waals surface area contributed by atoms with Crippen LogP contribution in [0.1, 0.15) is 0 Å². The van der Waals surface area contributed by atoms with E-state index in [9.17, 15) is 10.1 Å². The second-order valence-electron chi connectivity index (χ2n) is 3.98. The number of ether oxygens (including phenoxy) is 1. The Hall–Kier alpha value is -1.81. The molecule has 116 valence electrons. The fourth-order valence-electron chi connectivity index (χ4n) is 1.57. The molecule has 6 nitrogen and oxygen atoms in total. The van der Waals surface area contributed by atoms with Crippen molar-refractivity contribution < 1.29 is 9.66 Å². The molecule has 2 aromatic carbocycles. The van der Waals surface area contributed by atoms with Crippen molar-refractivity contribution >= 4 is 52.3 Å². The van der Waals surface area contributed by atoms with Crippen molar-refractivity contribution in [2.24, 2.45) is 10.7 Å². The minimum Gasteiger partial charge on any atom is -0.455 e. The van der Waals surface area contributed by atoms with E-state index >= 15 is 0 Å². The van der Waals surface area contributed by atoms with E-state index in [0.717, 1.165) is 0 Å². The summed E-state index contributed by atoms with van der Waals surface area (Å²) in [4.78, 5) is 14.5. The van der Waals surface area contributed by atoms with Crippen LogP contribution in [0.15, 0.2) is 53.5 Å². The zero-order valence-corrected chi connectivity index (χ0v) is 14.8. The molecule has 0 saturated heterocycles. The Balaban J connectivity index is 0.00000242. The molecular weight excluding hydrogens is 417 g/mol. The number of halogens is 1. The highest BCUT2D eigenvalue weighted by atomic mass is 127. The number of nitro groups is 1. The van der Waals surface area contributed by atoms with Crippen LogP contribution in [-0.4, -0.2) is 16.3 Å². The van der Waals surface area contributed by atoms with E-state index in [2.05, 4.69) is 4.99 Å². The number of para-hydroxylation sites is 1. The molecule has 0 unspecified atom stereocenters. The summed E-state index contributed by atoms with van der Waals surface area (Å²) in [5, 5.41) is 11.2. The first kappa shape index (κ1) is 18.2. The Morgan fingerprint density at radius 2 is 1.95 bits per heavy atom. The average Bonchev–Trinajstić information content (AvgIpc) is 2.49. The van der Waals surface area contributed by atoms with Crippen LogP contribution in [0.5, 0.6) is 11.5 Å². The molecule has 0 spiro atoms. The molecule has 0 aliphatic rings. The van der Waals surface area contributed by atoms with Gasteiger partial charge in [-0.25, -0.2) is 4.99 Å². The molecule has 2 aromatic rings. The third-order valence-corrected chi connectivity index (χ3v) is 3.07. The monoisotopic (exact) mass is 431 g/mol. The normalized spacial score (nSPS) is 10.7. The van der Waals surface area contributed by atoms with Gasteiger partial charge in [0.05, 0.1) is 4.92 Å². The third kappa shape index (κ3) is 4.88. The van der Waals surface area contributed by atoms with Gasteiger partial charge in [-0.2, -0.15) is 0 Å². The molecule has 0 bridgehead atoms. The Bertz CT molecular complexity index is 680. The highest BCUT2D eigenvalue weighted by molar-refractivity contribution is 14.0. The van der Waals surface area contributed by atoms with Crippen molar-refractivity contribution in [2.45, 2.75) is 0 Å². The second kappa shape index (κ2) is 8.59. The minimum absolute atomic E-state index is 0. The largest absolute Gasteiger partial charge is 0.455 e. The number of aliphatic imine (C=N–C) groups is 1. The second-order valence-corrected chi connectivity index (χ2v) is 4.80. The van der Waals surface area contributed by atoms with Crippen LogP contribution in [0.25, 0.3) is 0 Å². The van der Waals surface area contributed by atoms with Crippen LogP contribution in [0.4, 0.5) is 11.4 Å². The van der Waals surface area contributed by atoms with Gasteiger partial charge in [0, 0.05) is 12.1 Å². The lowest BCUT2D eigenvalue weighted by Crippen LogP contribution is -2.04. The van der Waals surface area contributed by atoms with Gasteiger partial charge in [-0.1, -0.05) is 30.0 Å². The lowest BCUT2D eigenvalue weighted by atomic mass is 10.2. The van der Waals surface area contributed by atoms with Crippen LogP contribution < -0.4 is 10.5 Å². The van der Waals surface area contributed by atoms with Crippen molar-refractivity contribution in [3.63, 3.8) is 0 Å². The van der Waals surface area contributed by atoms with Crippen molar-refractivity contribution in [3.8, 4) is 11.5 Å². The Kier molecular flexibility index (Phi) is 7.12. The van der Waals surface area contributed by atoms with Gasteiger partial charge in [0.15, 0.2) is 10.9 Å². The van der Waals surface area contributed by atoms with Crippen LogP contribution in [0.3, 0.4) is 0 Å². The molecule has 2 rings (SSSR count). The van der Waals surface area contributed by atoms with E-state index in [-0.39, 0.29) is 29.7 Å². The summed E-state index contributed by atoms with van der Waals surface area (Å²) in [5.74, 6) is 1.02. The predicted molar refractivity (Wildman–Crippen MR) is 99.8 cm³/mol. The average molecular weight is 431 g/mol. The Morgan fingerprint density at radius 3 is 2.55 bits per heavy atom. The summed E-state index contributed by atoms with van der Waals surface area (Å²) in [6, 6.07) is 13.3. The summed E-state index contributed by atoms with van der Waals surface area (Å²) in [6.45, 7) is 0. The van der Waals surface area contributed by atoms with E-state index in [4.69, 9.17) is 10.5 Å². The molecule has 0 aliphatic heterocycles. The van der Waals surface area contributed by atoms with Crippen molar-refractivity contribution in [3.05, 3.63) is 58.6 Å². The Labute approximate surface area is 148 Å². The zero-order chi connectivity index (χ0) is 15.2. The van der Waals surface area contributed by atoms with Gasteiger partial charge in [0.25, 0.3) is 5.69 Å². The SMILES string of the molecule is CSC(N)=Nc1cc([N+](=O)[O-])ccc1Oc1ccccc1.I.